The van der Waals surface area contributed by atoms with Gasteiger partial charge in [-0.1, -0.05) is 23.4 Å². The fraction of sp³-hybridized carbons (Fsp3) is 0.200. The maximum absolute atomic E-state index is 12.8. The van der Waals surface area contributed by atoms with Crippen LogP contribution in [0.2, 0.25) is 5.02 Å². The maximum Gasteiger partial charge on any atom is 0.416 e. The Bertz CT molecular complexity index is 976. The first-order valence-corrected chi connectivity index (χ1v) is 8.54. The van der Waals surface area contributed by atoms with Crippen LogP contribution in [-0.4, -0.2) is 31.4 Å². The average molecular weight is 402 g/mol. The first-order valence-electron chi connectivity index (χ1n) is 7.18. The van der Waals surface area contributed by atoms with E-state index in [4.69, 9.17) is 11.6 Å². The summed E-state index contributed by atoms with van der Waals surface area (Å²) in [6.07, 6.45) is -1.58. The fourth-order valence-corrected chi connectivity index (χ4v) is 3.10. The van der Waals surface area contributed by atoms with Crippen LogP contribution >= 0.6 is 23.4 Å². The van der Waals surface area contributed by atoms with Crippen LogP contribution in [0.1, 0.15) is 5.56 Å². The monoisotopic (exact) mass is 401 g/mol. The van der Waals surface area contributed by atoms with Gasteiger partial charge in [-0.2, -0.15) is 18.3 Å². The predicted octanol–water partition coefficient (Wildman–Crippen LogP) is 3.77. The van der Waals surface area contributed by atoms with Crippen molar-refractivity contribution >= 4 is 46.0 Å². The molecule has 2 heterocycles. The molecule has 0 saturated carbocycles. The van der Waals surface area contributed by atoms with Crippen molar-refractivity contribution in [3.63, 3.8) is 0 Å². The van der Waals surface area contributed by atoms with Crippen LogP contribution in [0.3, 0.4) is 0 Å². The van der Waals surface area contributed by atoms with E-state index in [0.29, 0.717) is 16.1 Å². The van der Waals surface area contributed by atoms with Crippen molar-refractivity contribution in [1.82, 2.24) is 19.7 Å². The first-order chi connectivity index (χ1) is 12.3. The third-order valence-corrected chi connectivity index (χ3v) is 4.74. The van der Waals surface area contributed by atoms with Crippen LogP contribution in [0.5, 0.6) is 0 Å². The second-order valence-corrected chi connectivity index (χ2v) is 6.58. The number of carbonyl (C=O) groups is 1. The molecule has 0 saturated heterocycles. The largest absolute Gasteiger partial charge is 0.416 e. The van der Waals surface area contributed by atoms with E-state index in [9.17, 15) is 18.0 Å². The van der Waals surface area contributed by atoms with Gasteiger partial charge in [-0.05, 0) is 18.2 Å². The summed E-state index contributed by atoms with van der Waals surface area (Å²) in [6, 6.07) is 2.75. The molecule has 0 radical (unpaired) electrons. The van der Waals surface area contributed by atoms with Crippen molar-refractivity contribution in [2.45, 2.75) is 11.2 Å². The van der Waals surface area contributed by atoms with Crippen LogP contribution in [0.25, 0.3) is 11.0 Å². The Morgan fingerprint density at radius 3 is 2.85 bits per heavy atom. The van der Waals surface area contributed by atoms with Gasteiger partial charge in [0.15, 0.2) is 5.65 Å². The number of hydrogen-bond donors (Lipinski definition) is 1. The number of amides is 1. The van der Waals surface area contributed by atoms with Crippen molar-refractivity contribution in [3.8, 4) is 0 Å². The summed E-state index contributed by atoms with van der Waals surface area (Å²) in [5.41, 5.74) is -0.372. The van der Waals surface area contributed by atoms with Gasteiger partial charge in [-0.15, -0.1) is 0 Å². The summed E-state index contributed by atoms with van der Waals surface area (Å²) in [5, 5.41) is 7.72. The van der Waals surface area contributed by atoms with E-state index < -0.39 is 17.6 Å². The number of aryl methyl sites for hydroxylation is 1. The normalized spacial score (nSPS) is 11.7. The SMILES string of the molecule is Cn1ncc2c(SCC(=O)Nc3cc(C(F)(F)F)ccc3Cl)ncnc21. The topological polar surface area (TPSA) is 72.7 Å². The summed E-state index contributed by atoms with van der Waals surface area (Å²) in [4.78, 5) is 20.3. The second-order valence-electron chi connectivity index (χ2n) is 5.21. The van der Waals surface area contributed by atoms with Crippen molar-refractivity contribution in [2.75, 3.05) is 11.1 Å². The Kier molecular flexibility index (Phi) is 5.05. The Morgan fingerprint density at radius 1 is 1.35 bits per heavy atom. The maximum atomic E-state index is 12.8. The molecule has 1 amide bonds. The van der Waals surface area contributed by atoms with Gasteiger partial charge in [0.25, 0.3) is 0 Å². The molecule has 6 nitrogen and oxygen atoms in total. The van der Waals surface area contributed by atoms with Crippen molar-refractivity contribution in [3.05, 3.63) is 41.3 Å². The van der Waals surface area contributed by atoms with E-state index in [2.05, 4.69) is 20.4 Å². The molecule has 0 spiro atoms. The number of carbonyl (C=O) groups excluding carboxylic acids is 1. The van der Waals surface area contributed by atoms with Gasteiger partial charge in [0.1, 0.15) is 11.4 Å². The van der Waals surface area contributed by atoms with E-state index in [1.54, 1.807) is 17.9 Å². The van der Waals surface area contributed by atoms with E-state index >= 15 is 0 Å². The Balaban J connectivity index is 1.71. The highest BCUT2D eigenvalue weighted by atomic mass is 35.5. The van der Waals surface area contributed by atoms with E-state index in [0.717, 1.165) is 30.0 Å². The number of hydrogen-bond acceptors (Lipinski definition) is 5. The molecule has 0 aliphatic rings. The van der Waals surface area contributed by atoms with Gasteiger partial charge >= 0.3 is 6.18 Å². The Hall–Kier alpha value is -2.33. The molecule has 3 rings (SSSR count). The second kappa shape index (κ2) is 7.12. The number of anilines is 1. The van der Waals surface area contributed by atoms with Gasteiger partial charge in [0.05, 0.1) is 33.6 Å². The van der Waals surface area contributed by atoms with Crippen molar-refractivity contribution in [2.24, 2.45) is 7.05 Å². The molecule has 0 bridgehead atoms. The number of halogens is 4. The quantitative estimate of drug-likeness (QED) is 0.532. The van der Waals surface area contributed by atoms with Crippen LogP contribution in [0, 0.1) is 0 Å². The minimum atomic E-state index is -4.52. The van der Waals surface area contributed by atoms with Crippen LogP contribution in [-0.2, 0) is 18.0 Å². The van der Waals surface area contributed by atoms with Gasteiger partial charge in [-0.25, -0.2) is 9.97 Å². The number of fused-ring (bicyclic) bond motifs is 1. The summed E-state index contributed by atoms with van der Waals surface area (Å²) < 4.78 is 39.9. The van der Waals surface area contributed by atoms with Crippen molar-refractivity contribution < 1.29 is 18.0 Å². The lowest BCUT2D eigenvalue weighted by molar-refractivity contribution is -0.137. The van der Waals surface area contributed by atoms with Gasteiger partial charge in [0.2, 0.25) is 5.91 Å². The lowest BCUT2D eigenvalue weighted by Crippen LogP contribution is -2.15. The van der Waals surface area contributed by atoms with Crippen LogP contribution < -0.4 is 5.32 Å². The zero-order chi connectivity index (χ0) is 18.9. The number of thioether (sulfide) groups is 1. The molecular formula is C15H11ClF3N5OS. The fourth-order valence-electron chi connectivity index (χ4n) is 2.17. The average Bonchev–Trinajstić information content (AvgIpc) is 2.96. The van der Waals surface area contributed by atoms with Crippen molar-refractivity contribution in [1.29, 1.82) is 0 Å². The van der Waals surface area contributed by atoms with E-state index in [1.807, 2.05) is 0 Å². The Morgan fingerprint density at radius 2 is 2.12 bits per heavy atom. The van der Waals surface area contributed by atoms with Gasteiger partial charge in [-0.3, -0.25) is 9.48 Å². The minimum absolute atomic E-state index is 0.0213. The van der Waals surface area contributed by atoms with E-state index in [-0.39, 0.29) is 16.5 Å². The predicted molar refractivity (Wildman–Crippen MR) is 92.1 cm³/mol. The number of nitrogens with one attached hydrogen (secondary N) is 1. The Labute approximate surface area is 154 Å². The highest BCUT2D eigenvalue weighted by molar-refractivity contribution is 8.00. The molecule has 26 heavy (non-hydrogen) atoms. The zero-order valence-corrected chi connectivity index (χ0v) is 14.8. The zero-order valence-electron chi connectivity index (χ0n) is 13.2. The van der Waals surface area contributed by atoms with Crippen LogP contribution in [0.4, 0.5) is 18.9 Å². The highest BCUT2D eigenvalue weighted by Crippen LogP contribution is 2.34. The third-order valence-electron chi connectivity index (χ3n) is 3.40. The molecule has 0 unspecified atom stereocenters. The summed E-state index contributed by atoms with van der Waals surface area (Å²) in [7, 11) is 1.73. The molecular weight excluding hydrogens is 391 g/mol. The van der Waals surface area contributed by atoms with E-state index in [1.165, 1.54) is 6.33 Å². The molecule has 136 valence electrons. The number of alkyl halides is 3. The molecule has 2 aromatic heterocycles. The molecule has 11 heteroatoms. The lowest BCUT2D eigenvalue weighted by atomic mass is 10.2. The molecule has 0 fully saturated rings. The number of aromatic nitrogens is 4. The number of rotatable bonds is 4. The van der Waals surface area contributed by atoms with Gasteiger partial charge < -0.3 is 5.32 Å². The summed E-state index contributed by atoms with van der Waals surface area (Å²) >= 11 is 6.99. The first kappa shape index (κ1) is 18.5. The number of benzene rings is 1. The molecule has 1 N–H and O–H groups in total. The minimum Gasteiger partial charge on any atom is -0.324 e. The molecule has 3 aromatic rings. The smallest absolute Gasteiger partial charge is 0.324 e. The standard InChI is InChI=1S/C15H11ClF3N5OS/c1-24-13-9(5-22-24)14(21-7-20-13)26-6-12(25)23-11-4-8(15(17,18)19)2-3-10(11)16/h2-5,7H,6H2,1H3,(H,23,25). The third kappa shape index (κ3) is 3.91. The van der Waals surface area contributed by atoms with Gasteiger partial charge in [0, 0.05) is 7.05 Å². The molecule has 1 aromatic carbocycles. The summed E-state index contributed by atoms with van der Waals surface area (Å²) in [5.74, 6) is -0.569. The summed E-state index contributed by atoms with van der Waals surface area (Å²) in [6.45, 7) is 0. The lowest BCUT2D eigenvalue weighted by Gasteiger charge is -2.11. The van der Waals surface area contributed by atoms with Crippen LogP contribution in [0.15, 0.2) is 35.7 Å². The number of nitrogens with zero attached hydrogens (tertiary/aromatic N) is 4. The molecule has 0 aliphatic heterocycles. The highest BCUT2D eigenvalue weighted by Gasteiger charge is 2.31. The molecule has 0 atom stereocenters. The molecule has 0 aliphatic carbocycles.